The van der Waals surface area contributed by atoms with Gasteiger partial charge < -0.3 is 14.6 Å². The number of carbonyl (C=O) groups is 1. The number of esters is 1. The zero-order valence-electron chi connectivity index (χ0n) is 11.2. The third kappa shape index (κ3) is 3.18. The summed E-state index contributed by atoms with van der Waals surface area (Å²) >= 11 is 0. The van der Waals surface area contributed by atoms with Crippen LogP contribution in [0.2, 0.25) is 0 Å². The molecule has 0 spiro atoms. The van der Waals surface area contributed by atoms with Gasteiger partial charge in [-0.2, -0.15) is 0 Å². The number of hydrogen-bond donors (Lipinski definition) is 1. The normalized spacial score (nSPS) is 41.2. The summed E-state index contributed by atoms with van der Waals surface area (Å²) in [5.41, 5.74) is 0. The number of ether oxygens (including phenoxy) is 2. The monoisotopic (exact) mass is 266 g/mol. The zero-order valence-corrected chi connectivity index (χ0v) is 11.2. The van der Waals surface area contributed by atoms with E-state index in [0.717, 1.165) is 32.1 Å². The van der Waals surface area contributed by atoms with Crippen LogP contribution in [0.5, 0.6) is 0 Å². The molecule has 3 fully saturated rings. The predicted molar refractivity (Wildman–Crippen MR) is 69.4 cm³/mol. The second-order valence-corrected chi connectivity index (χ2v) is 6.07. The third-order valence-electron chi connectivity index (χ3n) is 4.47. The van der Waals surface area contributed by atoms with E-state index in [1.807, 2.05) is 6.08 Å². The lowest BCUT2D eigenvalue weighted by Crippen LogP contribution is -2.47. The van der Waals surface area contributed by atoms with E-state index in [0.29, 0.717) is 25.2 Å². The first-order valence-electron chi connectivity index (χ1n) is 7.37. The van der Waals surface area contributed by atoms with Crippen molar-refractivity contribution in [3.63, 3.8) is 0 Å². The molecule has 2 bridgehead atoms. The van der Waals surface area contributed by atoms with E-state index in [1.165, 1.54) is 0 Å². The lowest BCUT2D eigenvalue weighted by atomic mass is 9.81. The minimum absolute atomic E-state index is 0.0397. The van der Waals surface area contributed by atoms with Crippen molar-refractivity contribution in [2.75, 3.05) is 6.61 Å². The van der Waals surface area contributed by atoms with Crippen molar-refractivity contribution in [3.05, 3.63) is 12.2 Å². The van der Waals surface area contributed by atoms with Gasteiger partial charge in [0.25, 0.3) is 0 Å². The highest BCUT2D eigenvalue weighted by Crippen LogP contribution is 2.38. The fourth-order valence-electron chi connectivity index (χ4n) is 3.28. The topological polar surface area (TPSA) is 55.8 Å². The van der Waals surface area contributed by atoms with Crippen LogP contribution in [0.15, 0.2) is 12.2 Å². The fraction of sp³-hybridized carbons (Fsp3) is 0.800. The van der Waals surface area contributed by atoms with Crippen LogP contribution in [0.1, 0.15) is 38.5 Å². The maximum Gasteiger partial charge on any atom is 0.309 e. The molecule has 0 aromatic heterocycles. The molecule has 0 radical (unpaired) electrons. The largest absolute Gasteiger partial charge is 0.465 e. The second kappa shape index (κ2) is 5.63. The molecule has 2 heterocycles. The maximum atomic E-state index is 12.0. The van der Waals surface area contributed by atoms with Crippen molar-refractivity contribution in [2.24, 2.45) is 11.8 Å². The van der Waals surface area contributed by atoms with Crippen LogP contribution in [-0.4, -0.2) is 36.0 Å². The Balaban J connectivity index is 1.43. The van der Waals surface area contributed by atoms with Gasteiger partial charge in [0.15, 0.2) is 0 Å². The van der Waals surface area contributed by atoms with Gasteiger partial charge in [0, 0.05) is 5.92 Å². The summed E-state index contributed by atoms with van der Waals surface area (Å²) in [5, 5.41) is 9.55. The summed E-state index contributed by atoms with van der Waals surface area (Å²) in [6.45, 7) is 0.453. The Bertz CT molecular complexity index is 349. The van der Waals surface area contributed by atoms with E-state index in [-0.39, 0.29) is 23.9 Å². The van der Waals surface area contributed by atoms with Gasteiger partial charge in [-0.05, 0) is 38.5 Å². The van der Waals surface area contributed by atoms with Gasteiger partial charge in [-0.15, -0.1) is 0 Å². The SMILES string of the molecule is O=C(OCC1C=CCC(O)CC1)C1CC2CC(C1)O2. The van der Waals surface area contributed by atoms with Gasteiger partial charge in [0.2, 0.25) is 0 Å². The van der Waals surface area contributed by atoms with Gasteiger partial charge in [0.1, 0.15) is 0 Å². The lowest BCUT2D eigenvalue weighted by Gasteiger charge is -2.44. The van der Waals surface area contributed by atoms with E-state index in [1.54, 1.807) is 0 Å². The molecule has 0 aromatic carbocycles. The molecular formula is C15H22O4. The molecule has 2 aliphatic heterocycles. The highest BCUT2D eigenvalue weighted by molar-refractivity contribution is 5.72. The number of hydrogen-bond acceptors (Lipinski definition) is 4. The average Bonchev–Trinajstić information content (AvgIpc) is 2.60. The quantitative estimate of drug-likeness (QED) is 0.625. The van der Waals surface area contributed by atoms with Gasteiger partial charge in [-0.25, -0.2) is 0 Å². The van der Waals surface area contributed by atoms with Crippen molar-refractivity contribution < 1.29 is 19.4 Å². The standard InChI is InChI=1S/C15H22O4/c16-12-3-1-2-10(4-5-12)9-18-15(17)11-6-13-8-14(7-11)19-13/h1-2,10-14,16H,3-9H2. The van der Waals surface area contributed by atoms with Gasteiger partial charge in [-0.3, -0.25) is 4.79 Å². The number of fused-ring (bicyclic) bond motifs is 2. The first-order chi connectivity index (χ1) is 9.20. The molecule has 1 N–H and O–H groups in total. The molecule has 4 rings (SSSR count). The van der Waals surface area contributed by atoms with Crippen LogP contribution in [0.3, 0.4) is 0 Å². The Hall–Kier alpha value is -0.870. The van der Waals surface area contributed by atoms with Crippen molar-refractivity contribution >= 4 is 5.97 Å². The molecule has 0 amide bonds. The Morgan fingerprint density at radius 2 is 2.00 bits per heavy atom. The molecule has 4 heteroatoms. The van der Waals surface area contributed by atoms with E-state index in [9.17, 15) is 9.90 Å². The molecule has 0 aromatic rings. The van der Waals surface area contributed by atoms with Crippen LogP contribution in [0.4, 0.5) is 0 Å². The second-order valence-electron chi connectivity index (χ2n) is 6.07. The Morgan fingerprint density at radius 3 is 2.74 bits per heavy atom. The van der Waals surface area contributed by atoms with E-state index < -0.39 is 0 Å². The molecule has 2 aliphatic carbocycles. The van der Waals surface area contributed by atoms with Crippen molar-refractivity contribution in [1.29, 1.82) is 0 Å². The Kier molecular flexibility index (Phi) is 3.89. The summed E-state index contributed by atoms with van der Waals surface area (Å²) in [4.78, 5) is 12.0. The summed E-state index contributed by atoms with van der Waals surface area (Å²) in [6.07, 6.45) is 9.60. The van der Waals surface area contributed by atoms with Crippen molar-refractivity contribution in [3.8, 4) is 0 Å². The number of carbonyl (C=O) groups excluding carboxylic acids is 1. The zero-order chi connectivity index (χ0) is 13.2. The van der Waals surface area contributed by atoms with E-state index in [4.69, 9.17) is 9.47 Å². The number of aliphatic hydroxyl groups excluding tert-OH is 1. The molecule has 4 unspecified atom stereocenters. The van der Waals surface area contributed by atoms with Crippen molar-refractivity contribution in [1.82, 2.24) is 0 Å². The van der Waals surface area contributed by atoms with Crippen LogP contribution in [0.25, 0.3) is 0 Å². The molecule has 2 saturated heterocycles. The number of aliphatic hydroxyl groups is 1. The van der Waals surface area contributed by atoms with E-state index >= 15 is 0 Å². The summed E-state index contributed by atoms with van der Waals surface area (Å²) in [7, 11) is 0. The number of rotatable bonds is 3. The molecular weight excluding hydrogens is 244 g/mol. The minimum atomic E-state index is -0.237. The highest BCUT2D eigenvalue weighted by Gasteiger charge is 2.42. The summed E-state index contributed by atoms with van der Waals surface area (Å²) < 4.78 is 11.0. The molecule has 106 valence electrons. The van der Waals surface area contributed by atoms with Gasteiger partial charge >= 0.3 is 5.97 Å². The minimum Gasteiger partial charge on any atom is -0.465 e. The average molecular weight is 266 g/mol. The fourth-order valence-corrected chi connectivity index (χ4v) is 3.28. The molecule has 4 aliphatic rings. The van der Waals surface area contributed by atoms with Crippen molar-refractivity contribution in [2.45, 2.75) is 56.8 Å². The molecule has 1 saturated carbocycles. The Labute approximate surface area is 113 Å². The van der Waals surface area contributed by atoms with E-state index in [2.05, 4.69) is 6.08 Å². The smallest absolute Gasteiger partial charge is 0.309 e. The van der Waals surface area contributed by atoms with Gasteiger partial charge in [0.05, 0.1) is 30.8 Å². The van der Waals surface area contributed by atoms with Crippen LogP contribution < -0.4 is 0 Å². The summed E-state index contributed by atoms with van der Waals surface area (Å²) in [5.74, 6) is 0.240. The van der Waals surface area contributed by atoms with Gasteiger partial charge in [-0.1, -0.05) is 12.2 Å². The highest BCUT2D eigenvalue weighted by atomic mass is 16.5. The molecule has 19 heavy (non-hydrogen) atoms. The molecule has 4 nitrogen and oxygen atoms in total. The van der Waals surface area contributed by atoms with Crippen LogP contribution in [-0.2, 0) is 14.3 Å². The lowest BCUT2D eigenvalue weighted by molar-refractivity contribution is -0.189. The Morgan fingerprint density at radius 1 is 1.26 bits per heavy atom. The summed E-state index contributed by atoms with van der Waals surface area (Å²) in [6, 6.07) is 0. The van der Waals surface area contributed by atoms with Crippen LogP contribution >= 0.6 is 0 Å². The first kappa shape index (κ1) is 13.1. The predicted octanol–water partition coefficient (Wildman–Crippen LogP) is 1.81. The van der Waals surface area contributed by atoms with Crippen LogP contribution in [0, 0.1) is 11.8 Å². The molecule has 4 atom stereocenters. The third-order valence-corrected chi connectivity index (χ3v) is 4.47. The maximum absolute atomic E-state index is 12.0. The first-order valence-corrected chi connectivity index (χ1v) is 7.37.